The van der Waals surface area contributed by atoms with Crippen molar-refractivity contribution in [3.63, 3.8) is 0 Å². The Labute approximate surface area is 191 Å². The number of furan rings is 1. The standard InChI is InChI=1S/C25H17N3O4S/c1-15(29)17-7-9-18(10-8-17)21-12-11-19(32-21)14-22-24(31)28-25(33-22)26-23(30)20(27-28)13-16-5-3-2-4-6-16/h2-12,14H,13H2,1H3. The van der Waals surface area contributed by atoms with Gasteiger partial charge < -0.3 is 4.42 Å². The van der Waals surface area contributed by atoms with Crippen LogP contribution >= 0.6 is 11.3 Å². The lowest BCUT2D eigenvalue weighted by molar-refractivity contribution is 0.101. The summed E-state index contributed by atoms with van der Waals surface area (Å²) in [6.45, 7) is 1.52. The molecule has 0 radical (unpaired) electrons. The molecule has 0 bridgehead atoms. The van der Waals surface area contributed by atoms with Crippen molar-refractivity contribution < 1.29 is 9.21 Å². The van der Waals surface area contributed by atoms with Crippen molar-refractivity contribution in [2.45, 2.75) is 13.3 Å². The molecule has 3 heterocycles. The van der Waals surface area contributed by atoms with Crippen LogP contribution in [0.25, 0.3) is 22.4 Å². The molecule has 8 heteroatoms. The summed E-state index contributed by atoms with van der Waals surface area (Å²) in [7, 11) is 0. The monoisotopic (exact) mass is 455 g/mol. The highest BCUT2D eigenvalue weighted by Gasteiger charge is 2.12. The Kier molecular flexibility index (Phi) is 5.27. The van der Waals surface area contributed by atoms with Gasteiger partial charge in [0.25, 0.3) is 11.1 Å². The van der Waals surface area contributed by atoms with Crippen LogP contribution in [0.4, 0.5) is 0 Å². The van der Waals surface area contributed by atoms with E-state index < -0.39 is 5.56 Å². The van der Waals surface area contributed by atoms with Gasteiger partial charge >= 0.3 is 0 Å². The molecule has 0 spiro atoms. The SMILES string of the molecule is CC(=O)c1ccc(-c2ccc(C=c3sc4nc(=O)c(Cc5ccccc5)nn4c3=O)o2)cc1. The summed E-state index contributed by atoms with van der Waals surface area (Å²) in [6.07, 6.45) is 1.91. The van der Waals surface area contributed by atoms with Crippen LogP contribution in [-0.4, -0.2) is 20.4 Å². The van der Waals surface area contributed by atoms with Crippen molar-refractivity contribution in [1.29, 1.82) is 0 Å². The van der Waals surface area contributed by atoms with E-state index in [4.69, 9.17) is 4.42 Å². The first-order valence-corrected chi connectivity index (χ1v) is 11.0. The van der Waals surface area contributed by atoms with Crippen molar-refractivity contribution in [2.24, 2.45) is 0 Å². The second-order valence-corrected chi connectivity index (χ2v) is 8.48. The maximum atomic E-state index is 12.9. The largest absolute Gasteiger partial charge is 0.457 e. The third-order valence-corrected chi connectivity index (χ3v) is 6.10. The lowest BCUT2D eigenvalue weighted by Gasteiger charge is -1.99. The molecule has 0 fully saturated rings. The normalized spacial score (nSPS) is 11.8. The molecule has 0 saturated heterocycles. The third-order valence-electron chi connectivity index (χ3n) is 5.14. The molecule has 0 aliphatic heterocycles. The summed E-state index contributed by atoms with van der Waals surface area (Å²) in [5.74, 6) is 1.09. The Morgan fingerprint density at radius 1 is 1.03 bits per heavy atom. The highest BCUT2D eigenvalue weighted by atomic mass is 32.1. The molecule has 3 aromatic heterocycles. The zero-order chi connectivity index (χ0) is 22.9. The average molecular weight is 455 g/mol. The van der Waals surface area contributed by atoms with Gasteiger partial charge in [0.1, 0.15) is 21.7 Å². The van der Waals surface area contributed by atoms with E-state index in [1.165, 1.54) is 11.4 Å². The molecule has 5 aromatic rings. The third kappa shape index (κ3) is 4.16. The number of benzene rings is 2. The van der Waals surface area contributed by atoms with E-state index in [0.717, 1.165) is 22.5 Å². The van der Waals surface area contributed by atoms with E-state index in [1.807, 2.05) is 42.5 Å². The highest BCUT2D eigenvalue weighted by Crippen LogP contribution is 2.23. The number of Topliss-reactive ketones (excluding diaryl/α,β-unsaturated/α-hetero) is 1. The smallest absolute Gasteiger partial charge is 0.296 e. The van der Waals surface area contributed by atoms with E-state index >= 15 is 0 Å². The molecule has 0 amide bonds. The van der Waals surface area contributed by atoms with E-state index in [9.17, 15) is 14.4 Å². The van der Waals surface area contributed by atoms with Crippen molar-refractivity contribution in [3.8, 4) is 11.3 Å². The van der Waals surface area contributed by atoms with Crippen LogP contribution in [-0.2, 0) is 6.42 Å². The topological polar surface area (TPSA) is 94.5 Å². The molecule has 0 atom stereocenters. The van der Waals surface area contributed by atoms with Gasteiger partial charge in [-0.3, -0.25) is 14.4 Å². The maximum Gasteiger partial charge on any atom is 0.296 e. The molecule has 7 nitrogen and oxygen atoms in total. The zero-order valence-electron chi connectivity index (χ0n) is 17.5. The molecular formula is C25H17N3O4S. The van der Waals surface area contributed by atoms with Gasteiger partial charge in [-0.05, 0) is 24.6 Å². The van der Waals surface area contributed by atoms with Crippen molar-refractivity contribution in [2.75, 3.05) is 0 Å². The Morgan fingerprint density at radius 2 is 1.79 bits per heavy atom. The maximum absolute atomic E-state index is 12.9. The first-order valence-electron chi connectivity index (χ1n) is 10.2. The minimum atomic E-state index is -0.444. The molecule has 0 saturated carbocycles. The van der Waals surface area contributed by atoms with Gasteiger partial charge in [-0.15, -0.1) is 0 Å². The van der Waals surface area contributed by atoms with Crippen LogP contribution in [0.15, 0.2) is 80.7 Å². The van der Waals surface area contributed by atoms with Crippen LogP contribution in [0.1, 0.15) is 34.3 Å². The quantitative estimate of drug-likeness (QED) is 0.378. The zero-order valence-corrected chi connectivity index (χ0v) is 18.3. The van der Waals surface area contributed by atoms with Gasteiger partial charge in [-0.25, -0.2) is 0 Å². The lowest BCUT2D eigenvalue weighted by atomic mass is 10.1. The Hall–Kier alpha value is -4.17. The molecule has 0 aliphatic carbocycles. The number of ketones is 1. The van der Waals surface area contributed by atoms with E-state index in [0.29, 0.717) is 28.0 Å². The van der Waals surface area contributed by atoms with Gasteiger partial charge in [-0.2, -0.15) is 14.6 Å². The fourth-order valence-corrected chi connectivity index (χ4v) is 4.31. The number of fused-ring (bicyclic) bond motifs is 1. The van der Waals surface area contributed by atoms with Gasteiger partial charge in [0, 0.05) is 23.6 Å². The number of nitrogens with zero attached hydrogens (tertiary/aromatic N) is 3. The molecule has 0 aliphatic rings. The predicted molar refractivity (Wildman–Crippen MR) is 126 cm³/mol. The van der Waals surface area contributed by atoms with Gasteiger partial charge in [-0.1, -0.05) is 65.9 Å². The fourth-order valence-electron chi connectivity index (χ4n) is 3.43. The van der Waals surface area contributed by atoms with Crippen LogP contribution in [0.5, 0.6) is 0 Å². The Morgan fingerprint density at radius 3 is 2.52 bits per heavy atom. The number of rotatable bonds is 5. The number of carbonyl (C=O) groups excluding carboxylic acids is 1. The van der Waals surface area contributed by atoms with Gasteiger partial charge in [0.15, 0.2) is 5.78 Å². The molecule has 0 unspecified atom stereocenters. The van der Waals surface area contributed by atoms with Crippen LogP contribution in [0.2, 0.25) is 0 Å². The summed E-state index contributed by atoms with van der Waals surface area (Å²) in [6, 6.07) is 20.1. The number of aromatic nitrogens is 3. The second kappa shape index (κ2) is 8.40. The summed E-state index contributed by atoms with van der Waals surface area (Å²) in [5, 5.41) is 4.27. The molecule has 33 heavy (non-hydrogen) atoms. The highest BCUT2D eigenvalue weighted by molar-refractivity contribution is 7.15. The van der Waals surface area contributed by atoms with Crippen LogP contribution < -0.4 is 15.7 Å². The molecule has 162 valence electrons. The fraction of sp³-hybridized carbons (Fsp3) is 0.0800. The van der Waals surface area contributed by atoms with E-state index in [-0.39, 0.29) is 22.0 Å². The van der Waals surface area contributed by atoms with Crippen LogP contribution in [0.3, 0.4) is 0 Å². The van der Waals surface area contributed by atoms with Gasteiger partial charge in [0.2, 0.25) is 4.96 Å². The minimum absolute atomic E-state index is 0.00404. The van der Waals surface area contributed by atoms with Crippen molar-refractivity contribution in [3.05, 3.63) is 115 Å². The summed E-state index contributed by atoms with van der Waals surface area (Å²) in [4.78, 5) is 41.0. The predicted octanol–water partition coefficient (Wildman–Crippen LogP) is 3.11. The average Bonchev–Trinajstić information content (AvgIpc) is 3.40. The number of hydrogen-bond donors (Lipinski definition) is 0. The first kappa shape index (κ1) is 20.7. The van der Waals surface area contributed by atoms with E-state index in [1.54, 1.807) is 30.3 Å². The Bertz CT molecular complexity index is 1650. The summed E-state index contributed by atoms with van der Waals surface area (Å²) < 4.78 is 7.39. The molecule has 5 rings (SSSR count). The number of carbonyl (C=O) groups is 1. The number of thiazole rings is 1. The lowest BCUT2D eigenvalue weighted by Crippen LogP contribution is -2.28. The first-order chi connectivity index (χ1) is 16.0. The molecular weight excluding hydrogens is 438 g/mol. The minimum Gasteiger partial charge on any atom is -0.457 e. The van der Waals surface area contributed by atoms with Gasteiger partial charge in [0.05, 0.1) is 0 Å². The molecule has 2 aromatic carbocycles. The summed E-state index contributed by atoms with van der Waals surface area (Å²) >= 11 is 1.08. The Balaban J connectivity index is 1.49. The van der Waals surface area contributed by atoms with Crippen molar-refractivity contribution in [1.82, 2.24) is 14.6 Å². The van der Waals surface area contributed by atoms with Crippen molar-refractivity contribution >= 4 is 28.2 Å². The second-order valence-electron chi connectivity index (χ2n) is 7.47. The van der Waals surface area contributed by atoms with E-state index in [2.05, 4.69) is 10.1 Å². The number of hydrogen-bond acceptors (Lipinski definition) is 7. The summed E-state index contributed by atoms with van der Waals surface area (Å²) in [5.41, 5.74) is 1.77. The van der Waals surface area contributed by atoms with Crippen LogP contribution in [0, 0.1) is 0 Å². The molecule has 0 N–H and O–H groups in total.